The molecule has 1 unspecified atom stereocenters. The van der Waals surface area contributed by atoms with Crippen LogP contribution in [-0.4, -0.2) is 29.3 Å². The van der Waals surface area contributed by atoms with E-state index in [1.807, 2.05) is 0 Å². The average Bonchev–Trinajstić information content (AvgIpc) is 2.87. The Balaban J connectivity index is 2.16. The van der Waals surface area contributed by atoms with Crippen LogP contribution in [0.2, 0.25) is 0 Å². The molecule has 1 aliphatic heterocycles. The number of hydrogen-bond donors (Lipinski definition) is 0. The van der Waals surface area contributed by atoms with Crippen LogP contribution in [0.15, 0.2) is 54.6 Å². The minimum Gasteiger partial charge on any atom is -0.462 e. The molecule has 5 nitrogen and oxygen atoms in total. The zero-order valence-corrected chi connectivity index (χ0v) is 12.9. The summed E-state index contributed by atoms with van der Waals surface area (Å²) < 4.78 is 20.7. The normalized spacial score (nSPS) is 15.8. The van der Waals surface area contributed by atoms with Gasteiger partial charge in [0, 0.05) is 5.56 Å². The maximum atomic E-state index is 15.9. The van der Waals surface area contributed by atoms with Crippen LogP contribution in [0.3, 0.4) is 0 Å². The molecule has 1 aliphatic rings. The van der Waals surface area contributed by atoms with Crippen molar-refractivity contribution in [3.8, 4) is 0 Å². The Bertz CT molecular complexity index is 786. The Kier molecular flexibility index (Phi) is 3.89. The van der Waals surface area contributed by atoms with Gasteiger partial charge in [0.15, 0.2) is 0 Å². The molecule has 0 aromatic heterocycles. The van der Waals surface area contributed by atoms with Crippen LogP contribution in [0.5, 0.6) is 0 Å². The Hall–Kier alpha value is -3.02. The summed E-state index contributed by atoms with van der Waals surface area (Å²) in [7, 11) is 0. The average molecular weight is 327 g/mol. The van der Waals surface area contributed by atoms with Crippen LogP contribution >= 0.6 is 0 Å². The topological polar surface area (TPSA) is 63.7 Å². The van der Waals surface area contributed by atoms with Crippen LogP contribution in [0, 0.1) is 0 Å². The quantitative estimate of drug-likeness (QED) is 0.492. The van der Waals surface area contributed by atoms with Crippen LogP contribution < -0.4 is 0 Å². The van der Waals surface area contributed by atoms with Gasteiger partial charge in [-0.25, -0.2) is 14.1 Å². The Morgan fingerprint density at radius 3 is 2.00 bits per heavy atom. The number of ether oxygens (including phenoxy) is 1. The van der Waals surface area contributed by atoms with E-state index in [-0.39, 0.29) is 23.3 Å². The van der Waals surface area contributed by atoms with Crippen molar-refractivity contribution in [2.24, 2.45) is 0 Å². The maximum absolute atomic E-state index is 15.9. The first-order valence-electron chi connectivity index (χ1n) is 7.41. The third-order valence-corrected chi connectivity index (χ3v) is 3.80. The summed E-state index contributed by atoms with van der Waals surface area (Å²) >= 11 is 0. The molecule has 2 aromatic carbocycles. The maximum Gasteiger partial charge on any atom is 0.370 e. The summed E-state index contributed by atoms with van der Waals surface area (Å²) in [6, 6.07) is 13.3. The van der Waals surface area contributed by atoms with Gasteiger partial charge in [-0.1, -0.05) is 42.5 Å². The van der Waals surface area contributed by atoms with E-state index in [9.17, 15) is 14.4 Å². The molecule has 122 valence electrons. The van der Waals surface area contributed by atoms with Crippen molar-refractivity contribution in [2.75, 3.05) is 6.61 Å². The molecule has 2 aromatic rings. The number of carbonyl (C=O) groups is 3. The highest BCUT2D eigenvalue weighted by Gasteiger charge is 2.57. The molecule has 0 N–H and O–H groups in total. The minimum atomic E-state index is -3.02. The van der Waals surface area contributed by atoms with Crippen molar-refractivity contribution in [3.63, 3.8) is 0 Å². The van der Waals surface area contributed by atoms with Gasteiger partial charge >= 0.3 is 11.8 Å². The molecular weight excluding hydrogens is 313 g/mol. The Morgan fingerprint density at radius 2 is 1.50 bits per heavy atom. The monoisotopic (exact) mass is 327 g/mol. The van der Waals surface area contributed by atoms with Gasteiger partial charge in [0.2, 0.25) is 0 Å². The number of alkyl halides is 1. The van der Waals surface area contributed by atoms with Crippen molar-refractivity contribution < 1.29 is 23.5 Å². The second kappa shape index (κ2) is 5.88. The van der Waals surface area contributed by atoms with Gasteiger partial charge in [-0.2, -0.15) is 0 Å². The number of imide groups is 1. The number of fused-ring (bicyclic) bond motifs is 1. The summed E-state index contributed by atoms with van der Waals surface area (Å²) in [5.74, 6) is -6.06. The fourth-order valence-corrected chi connectivity index (χ4v) is 2.69. The van der Waals surface area contributed by atoms with Gasteiger partial charge in [-0.3, -0.25) is 9.59 Å². The molecule has 0 radical (unpaired) electrons. The van der Waals surface area contributed by atoms with Crippen molar-refractivity contribution in [3.05, 3.63) is 71.3 Å². The zero-order valence-electron chi connectivity index (χ0n) is 12.9. The van der Waals surface area contributed by atoms with Crippen molar-refractivity contribution >= 4 is 17.8 Å². The second-order valence-electron chi connectivity index (χ2n) is 5.20. The van der Waals surface area contributed by atoms with E-state index < -0.39 is 23.6 Å². The number of nitrogens with zero attached hydrogens (tertiary/aromatic N) is 1. The molecule has 3 rings (SSSR count). The number of amides is 2. The number of esters is 1. The predicted octanol–water partition coefficient (Wildman–Crippen LogP) is 2.67. The molecule has 0 saturated heterocycles. The van der Waals surface area contributed by atoms with E-state index in [1.165, 1.54) is 43.3 Å². The summed E-state index contributed by atoms with van der Waals surface area (Å²) in [5, 5.41) is 0. The van der Waals surface area contributed by atoms with Gasteiger partial charge in [-0.05, 0) is 19.1 Å². The van der Waals surface area contributed by atoms with Crippen molar-refractivity contribution in [2.45, 2.75) is 12.7 Å². The highest BCUT2D eigenvalue weighted by Crippen LogP contribution is 2.38. The predicted molar refractivity (Wildman–Crippen MR) is 82.8 cm³/mol. The minimum absolute atomic E-state index is 0.0600. The summed E-state index contributed by atoms with van der Waals surface area (Å²) in [5.41, 5.74) is -0.0209. The van der Waals surface area contributed by atoms with E-state index in [1.54, 1.807) is 18.2 Å². The van der Waals surface area contributed by atoms with Crippen LogP contribution in [0.1, 0.15) is 33.2 Å². The number of hydrogen-bond acceptors (Lipinski definition) is 4. The largest absolute Gasteiger partial charge is 0.462 e. The molecule has 2 amide bonds. The van der Waals surface area contributed by atoms with Crippen LogP contribution in [0.4, 0.5) is 4.39 Å². The fourth-order valence-electron chi connectivity index (χ4n) is 2.69. The van der Waals surface area contributed by atoms with E-state index >= 15 is 4.39 Å². The molecule has 0 aliphatic carbocycles. The lowest BCUT2D eigenvalue weighted by Gasteiger charge is -2.31. The molecule has 6 heteroatoms. The second-order valence-corrected chi connectivity index (χ2v) is 5.20. The SMILES string of the molecule is CCOC(=O)C(F)(c1ccccc1)N1C(=O)c2ccccc2C1=O. The fraction of sp³-hybridized carbons (Fsp3) is 0.167. The highest BCUT2D eigenvalue weighted by molar-refractivity contribution is 6.23. The van der Waals surface area contributed by atoms with Gasteiger partial charge in [-0.15, -0.1) is 0 Å². The number of benzene rings is 2. The summed E-state index contributed by atoms with van der Waals surface area (Å²) in [6.45, 7) is 1.44. The lowest BCUT2D eigenvalue weighted by Crippen LogP contribution is -2.52. The number of halogens is 1. The Morgan fingerprint density at radius 1 is 1.00 bits per heavy atom. The smallest absolute Gasteiger partial charge is 0.370 e. The summed E-state index contributed by atoms with van der Waals surface area (Å²) in [6.07, 6.45) is 0. The van der Waals surface area contributed by atoms with Crippen LogP contribution in [-0.2, 0) is 15.3 Å². The molecule has 1 atom stereocenters. The molecule has 24 heavy (non-hydrogen) atoms. The third-order valence-electron chi connectivity index (χ3n) is 3.80. The molecule has 1 heterocycles. The molecule has 0 fully saturated rings. The van der Waals surface area contributed by atoms with Crippen molar-refractivity contribution in [1.29, 1.82) is 0 Å². The standard InChI is InChI=1S/C18H14FNO4/c1-2-24-17(23)18(19,12-8-4-3-5-9-12)20-15(21)13-10-6-7-11-14(13)16(20)22/h3-11H,2H2,1H3. The van der Waals surface area contributed by atoms with Gasteiger partial charge < -0.3 is 4.74 Å². The van der Waals surface area contributed by atoms with Crippen molar-refractivity contribution in [1.82, 2.24) is 4.90 Å². The van der Waals surface area contributed by atoms with E-state index in [0.717, 1.165) is 0 Å². The first-order chi connectivity index (χ1) is 11.5. The van der Waals surface area contributed by atoms with E-state index in [4.69, 9.17) is 4.74 Å². The third kappa shape index (κ3) is 2.19. The number of rotatable bonds is 4. The zero-order chi connectivity index (χ0) is 17.3. The molecular formula is C18H14FNO4. The van der Waals surface area contributed by atoms with E-state index in [2.05, 4.69) is 0 Å². The number of carbonyl (C=O) groups excluding carboxylic acids is 3. The first kappa shape index (κ1) is 15.9. The lowest BCUT2D eigenvalue weighted by molar-refractivity contribution is -0.168. The lowest BCUT2D eigenvalue weighted by atomic mass is 10.0. The molecule has 0 spiro atoms. The highest BCUT2D eigenvalue weighted by atomic mass is 19.1. The van der Waals surface area contributed by atoms with Crippen LogP contribution in [0.25, 0.3) is 0 Å². The van der Waals surface area contributed by atoms with E-state index in [0.29, 0.717) is 4.90 Å². The first-order valence-corrected chi connectivity index (χ1v) is 7.41. The summed E-state index contributed by atoms with van der Waals surface area (Å²) in [4.78, 5) is 37.9. The Labute approximate surface area is 137 Å². The molecule has 0 bridgehead atoms. The van der Waals surface area contributed by atoms with Gasteiger partial charge in [0.25, 0.3) is 11.8 Å². The van der Waals surface area contributed by atoms with Gasteiger partial charge in [0.1, 0.15) is 0 Å². The van der Waals surface area contributed by atoms with Gasteiger partial charge in [0.05, 0.1) is 17.7 Å². The molecule has 0 saturated carbocycles.